The highest BCUT2D eigenvalue weighted by atomic mass is 79.9. The second-order valence-corrected chi connectivity index (χ2v) is 6.15. The van der Waals surface area contributed by atoms with Crippen molar-refractivity contribution >= 4 is 15.9 Å². The summed E-state index contributed by atoms with van der Waals surface area (Å²) in [4.78, 5) is 0. The summed E-state index contributed by atoms with van der Waals surface area (Å²) in [6.07, 6.45) is 0.557. The van der Waals surface area contributed by atoms with E-state index in [4.69, 9.17) is 9.47 Å². The summed E-state index contributed by atoms with van der Waals surface area (Å²) in [5.41, 5.74) is 0.399. The van der Waals surface area contributed by atoms with E-state index >= 15 is 0 Å². The number of benzene rings is 1. The Balaban J connectivity index is 2.79. The van der Waals surface area contributed by atoms with Crippen molar-refractivity contribution < 1.29 is 14.6 Å². The maximum atomic E-state index is 9.70. The molecule has 0 amide bonds. The van der Waals surface area contributed by atoms with Crippen LogP contribution in [0.2, 0.25) is 0 Å². The van der Waals surface area contributed by atoms with E-state index in [-0.39, 0.29) is 0 Å². The summed E-state index contributed by atoms with van der Waals surface area (Å²) in [6.45, 7) is 7.74. The Morgan fingerprint density at radius 2 is 2.05 bits per heavy atom. The molecule has 0 fully saturated rings. The minimum atomic E-state index is -0.731. The number of hydrogen-bond acceptors (Lipinski definition) is 4. The minimum absolute atomic E-state index is 0.436. The highest BCUT2D eigenvalue weighted by molar-refractivity contribution is 9.10. The molecular weight excluding hydrogens is 322 g/mol. The second-order valence-electron chi connectivity index (χ2n) is 5.30. The standard InChI is InChI=1S/C15H24BrNO3/c1-5-17-10-11-8-12(16)14(13(9-11)19-4)20-7-6-15(2,3)18/h8-9,17-18H,5-7,10H2,1-4H3. The van der Waals surface area contributed by atoms with Gasteiger partial charge < -0.3 is 19.9 Å². The van der Waals surface area contributed by atoms with Crippen molar-refractivity contribution in [3.05, 3.63) is 22.2 Å². The largest absolute Gasteiger partial charge is 0.493 e. The van der Waals surface area contributed by atoms with Crippen molar-refractivity contribution in [2.24, 2.45) is 0 Å². The number of nitrogens with one attached hydrogen (secondary N) is 1. The van der Waals surface area contributed by atoms with Gasteiger partial charge in [-0.15, -0.1) is 0 Å². The van der Waals surface area contributed by atoms with Gasteiger partial charge in [-0.2, -0.15) is 0 Å². The molecule has 0 heterocycles. The fourth-order valence-corrected chi connectivity index (χ4v) is 2.29. The first-order valence-corrected chi connectivity index (χ1v) is 7.59. The molecule has 0 radical (unpaired) electrons. The van der Waals surface area contributed by atoms with E-state index in [9.17, 15) is 5.11 Å². The lowest BCUT2D eigenvalue weighted by Crippen LogP contribution is -2.22. The van der Waals surface area contributed by atoms with E-state index in [2.05, 4.69) is 28.2 Å². The van der Waals surface area contributed by atoms with Crippen molar-refractivity contribution in [1.82, 2.24) is 5.32 Å². The number of hydrogen-bond donors (Lipinski definition) is 2. The Kier molecular flexibility index (Phi) is 6.79. The van der Waals surface area contributed by atoms with Crippen LogP contribution in [0.1, 0.15) is 32.8 Å². The number of halogens is 1. The van der Waals surface area contributed by atoms with Gasteiger partial charge in [0.15, 0.2) is 11.5 Å². The molecule has 114 valence electrons. The lowest BCUT2D eigenvalue weighted by molar-refractivity contribution is 0.0548. The fraction of sp³-hybridized carbons (Fsp3) is 0.600. The third-order valence-corrected chi connectivity index (χ3v) is 3.42. The van der Waals surface area contributed by atoms with E-state index in [1.54, 1.807) is 21.0 Å². The van der Waals surface area contributed by atoms with E-state index in [0.717, 1.165) is 23.1 Å². The van der Waals surface area contributed by atoms with Gasteiger partial charge >= 0.3 is 0 Å². The molecule has 0 saturated carbocycles. The van der Waals surface area contributed by atoms with E-state index < -0.39 is 5.60 Å². The molecule has 0 saturated heterocycles. The Morgan fingerprint density at radius 3 is 2.60 bits per heavy atom. The quantitative estimate of drug-likeness (QED) is 0.760. The van der Waals surface area contributed by atoms with Crippen LogP contribution in [0.5, 0.6) is 11.5 Å². The number of rotatable bonds is 8. The minimum Gasteiger partial charge on any atom is -0.493 e. The Hall–Kier alpha value is -0.780. The summed E-state index contributed by atoms with van der Waals surface area (Å²) in [5, 5.41) is 13.0. The Morgan fingerprint density at radius 1 is 1.35 bits per heavy atom. The molecule has 1 aromatic carbocycles. The van der Waals surface area contributed by atoms with Crippen LogP contribution in [-0.4, -0.2) is 31.0 Å². The van der Waals surface area contributed by atoms with Gasteiger partial charge in [0.1, 0.15) is 0 Å². The SMILES string of the molecule is CCNCc1cc(Br)c(OCCC(C)(C)O)c(OC)c1. The summed E-state index contributed by atoms with van der Waals surface area (Å²) in [7, 11) is 1.63. The van der Waals surface area contributed by atoms with Crippen LogP contribution in [0.15, 0.2) is 16.6 Å². The van der Waals surface area contributed by atoms with Gasteiger partial charge in [0.05, 0.1) is 23.8 Å². The second kappa shape index (κ2) is 7.86. The van der Waals surface area contributed by atoms with Crippen LogP contribution in [0.25, 0.3) is 0 Å². The molecule has 0 aromatic heterocycles. The van der Waals surface area contributed by atoms with Crippen molar-refractivity contribution in [1.29, 1.82) is 0 Å². The molecule has 20 heavy (non-hydrogen) atoms. The predicted molar refractivity (Wildman–Crippen MR) is 84.5 cm³/mol. The topological polar surface area (TPSA) is 50.7 Å². The van der Waals surface area contributed by atoms with Crippen LogP contribution in [0.3, 0.4) is 0 Å². The van der Waals surface area contributed by atoms with Crippen molar-refractivity contribution in [3.8, 4) is 11.5 Å². The molecule has 2 N–H and O–H groups in total. The van der Waals surface area contributed by atoms with Crippen LogP contribution in [-0.2, 0) is 6.54 Å². The molecule has 4 nitrogen and oxygen atoms in total. The highest BCUT2D eigenvalue weighted by Gasteiger charge is 2.15. The van der Waals surface area contributed by atoms with Gasteiger partial charge in [0.25, 0.3) is 0 Å². The Bertz CT molecular complexity index is 430. The first-order chi connectivity index (χ1) is 9.37. The van der Waals surface area contributed by atoms with E-state index in [1.165, 1.54) is 0 Å². The van der Waals surface area contributed by atoms with Gasteiger partial charge in [-0.1, -0.05) is 6.92 Å². The molecule has 0 unspecified atom stereocenters. The smallest absolute Gasteiger partial charge is 0.175 e. The third-order valence-electron chi connectivity index (χ3n) is 2.83. The van der Waals surface area contributed by atoms with Gasteiger partial charge in [-0.25, -0.2) is 0 Å². The summed E-state index contributed by atoms with van der Waals surface area (Å²) >= 11 is 3.52. The fourth-order valence-electron chi connectivity index (χ4n) is 1.69. The van der Waals surface area contributed by atoms with E-state index in [0.29, 0.717) is 24.5 Å². The van der Waals surface area contributed by atoms with Gasteiger partial charge in [0, 0.05) is 13.0 Å². The zero-order valence-corrected chi connectivity index (χ0v) is 14.2. The average molecular weight is 346 g/mol. The highest BCUT2D eigenvalue weighted by Crippen LogP contribution is 2.37. The molecular formula is C15H24BrNO3. The van der Waals surface area contributed by atoms with Crippen molar-refractivity contribution in [3.63, 3.8) is 0 Å². The third kappa shape index (κ3) is 5.69. The van der Waals surface area contributed by atoms with Crippen molar-refractivity contribution in [2.75, 3.05) is 20.3 Å². The number of ether oxygens (including phenoxy) is 2. The molecule has 0 bridgehead atoms. The molecule has 0 aliphatic rings. The zero-order valence-electron chi connectivity index (χ0n) is 12.6. The zero-order chi connectivity index (χ0) is 15.2. The molecule has 0 aliphatic heterocycles. The van der Waals surface area contributed by atoms with Crippen molar-refractivity contribution in [2.45, 2.75) is 39.3 Å². The molecule has 0 spiro atoms. The van der Waals surface area contributed by atoms with Gasteiger partial charge in [0.2, 0.25) is 0 Å². The Labute approximate surface area is 129 Å². The molecule has 5 heteroatoms. The molecule has 0 aliphatic carbocycles. The maximum absolute atomic E-state index is 9.70. The average Bonchev–Trinajstić information content (AvgIpc) is 2.36. The van der Waals surface area contributed by atoms with Gasteiger partial charge in [-0.3, -0.25) is 0 Å². The normalized spacial score (nSPS) is 11.5. The lowest BCUT2D eigenvalue weighted by atomic mass is 10.1. The van der Waals surface area contributed by atoms with E-state index in [1.807, 2.05) is 12.1 Å². The number of aliphatic hydroxyl groups is 1. The first kappa shape index (κ1) is 17.3. The maximum Gasteiger partial charge on any atom is 0.175 e. The summed E-state index contributed by atoms with van der Waals surface area (Å²) < 4.78 is 12.0. The van der Waals surface area contributed by atoms with Crippen LogP contribution >= 0.6 is 15.9 Å². The lowest BCUT2D eigenvalue weighted by Gasteiger charge is -2.19. The van der Waals surface area contributed by atoms with Crippen LogP contribution < -0.4 is 14.8 Å². The number of methoxy groups -OCH3 is 1. The molecule has 1 rings (SSSR count). The summed E-state index contributed by atoms with van der Waals surface area (Å²) in [6, 6.07) is 3.98. The first-order valence-electron chi connectivity index (χ1n) is 6.79. The van der Waals surface area contributed by atoms with Crippen LogP contribution in [0, 0.1) is 0 Å². The monoisotopic (exact) mass is 345 g/mol. The summed E-state index contributed by atoms with van der Waals surface area (Å²) in [5.74, 6) is 1.38. The molecule has 1 aromatic rings. The predicted octanol–water partition coefficient (Wildman–Crippen LogP) is 3.11. The van der Waals surface area contributed by atoms with Crippen LogP contribution in [0.4, 0.5) is 0 Å². The molecule has 0 atom stereocenters. The van der Waals surface area contributed by atoms with Gasteiger partial charge in [-0.05, 0) is 54.0 Å².